The Morgan fingerprint density at radius 2 is 1.91 bits per heavy atom. The predicted octanol–water partition coefficient (Wildman–Crippen LogP) is 5.68. The normalized spacial score (nSPS) is 24.9. The molecule has 1 aliphatic carbocycles. The zero-order chi connectivity index (χ0) is 24.0. The maximum absolute atomic E-state index is 13.9. The Morgan fingerprint density at radius 3 is 2.62 bits per heavy atom. The molecule has 0 spiro atoms. The van der Waals surface area contributed by atoms with Gasteiger partial charge in [-0.2, -0.15) is 0 Å². The molecule has 0 bridgehead atoms. The Bertz CT molecular complexity index is 1230. The molecule has 180 valence electrons. The van der Waals surface area contributed by atoms with Crippen molar-refractivity contribution in [1.82, 2.24) is 14.8 Å². The highest BCUT2D eigenvalue weighted by atomic mass is 32.1. The van der Waals surface area contributed by atoms with Gasteiger partial charge in [-0.15, -0.1) is 11.3 Å². The van der Waals surface area contributed by atoms with Gasteiger partial charge in [0, 0.05) is 17.5 Å². The molecule has 1 saturated carbocycles. The molecule has 1 aliphatic heterocycles. The van der Waals surface area contributed by atoms with E-state index in [-0.39, 0.29) is 17.9 Å². The van der Waals surface area contributed by atoms with Crippen LogP contribution in [0.25, 0.3) is 10.2 Å². The lowest BCUT2D eigenvalue weighted by Crippen LogP contribution is -2.64. The standard InChI is InChI=1S/C28H35N3O2S/c1-5-22-14-23-25(34-22)15-24-26(32)31(16-20-9-7-6-8-19(20)3)28(4,17-30(23)24)27(33)29-21-12-10-18(2)11-13-21/h6-9,14-15,18,21H,5,10-13,16-17H2,1-4H3,(H,29,33). The van der Waals surface area contributed by atoms with E-state index >= 15 is 0 Å². The number of amides is 2. The summed E-state index contributed by atoms with van der Waals surface area (Å²) in [5.74, 6) is 0.623. The quantitative estimate of drug-likeness (QED) is 0.514. The van der Waals surface area contributed by atoms with Crippen LogP contribution in [0.4, 0.5) is 0 Å². The van der Waals surface area contributed by atoms with Gasteiger partial charge in [0.25, 0.3) is 5.91 Å². The molecule has 1 fully saturated rings. The van der Waals surface area contributed by atoms with Gasteiger partial charge in [0.1, 0.15) is 11.2 Å². The summed E-state index contributed by atoms with van der Waals surface area (Å²) in [7, 11) is 0. The summed E-state index contributed by atoms with van der Waals surface area (Å²) >= 11 is 1.75. The number of nitrogens with zero attached hydrogens (tertiary/aromatic N) is 2. The molecule has 3 aromatic rings. The zero-order valence-corrected chi connectivity index (χ0v) is 21.5. The Hall–Kier alpha value is -2.60. The fourth-order valence-electron chi connectivity index (χ4n) is 5.51. The van der Waals surface area contributed by atoms with Crippen molar-refractivity contribution >= 4 is 33.4 Å². The summed E-state index contributed by atoms with van der Waals surface area (Å²) in [4.78, 5) is 31.0. The average molecular weight is 478 g/mol. The number of nitrogens with one attached hydrogen (secondary N) is 1. The van der Waals surface area contributed by atoms with Crippen LogP contribution in [0.15, 0.2) is 36.4 Å². The maximum atomic E-state index is 13.9. The molecule has 5 rings (SSSR count). The summed E-state index contributed by atoms with van der Waals surface area (Å²) in [6, 6.07) is 12.5. The molecule has 1 atom stereocenters. The highest BCUT2D eigenvalue weighted by Gasteiger charge is 2.48. The number of carbonyl (C=O) groups excluding carboxylic acids is 2. The first-order valence-electron chi connectivity index (χ1n) is 12.6. The number of hydrogen-bond donors (Lipinski definition) is 1. The van der Waals surface area contributed by atoms with E-state index in [0.29, 0.717) is 18.8 Å². The van der Waals surface area contributed by atoms with Crippen molar-refractivity contribution in [2.24, 2.45) is 5.92 Å². The van der Waals surface area contributed by atoms with Crippen LogP contribution in [0.2, 0.25) is 0 Å². The van der Waals surface area contributed by atoms with Crippen molar-refractivity contribution in [3.05, 3.63) is 58.1 Å². The largest absolute Gasteiger partial charge is 0.351 e. The lowest BCUT2D eigenvalue weighted by Gasteiger charge is -2.45. The Kier molecular flexibility index (Phi) is 6.05. The summed E-state index contributed by atoms with van der Waals surface area (Å²) in [6.07, 6.45) is 5.28. The molecule has 3 heterocycles. The van der Waals surface area contributed by atoms with Crippen LogP contribution >= 0.6 is 11.3 Å². The molecular formula is C28H35N3O2S. The van der Waals surface area contributed by atoms with Crippen molar-refractivity contribution < 1.29 is 9.59 Å². The smallest absolute Gasteiger partial charge is 0.271 e. The number of aryl methyl sites for hydroxylation is 2. The Balaban J connectivity index is 1.53. The number of carbonyl (C=O) groups is 2. The van der Waals surface area contributed by atoms with Crippen LogP contribution in [0.5, 0.6) is 0 Å². The summed E-state index contributed by atoms with van der Waals surface area (Å²) in [5.41, 5.74) is 3.02. The van der Waals surface area contributed by atoms with Crippen LogP contribution < -0.4 is 5.32 Å². The minimum atomic E-state index is -0.963. The van der Waals surface area contributed by atoms with Gasteiger partial charge in [0.15, 0.2) is 0 Å². The topological polar surface area (TPSA) is 54.3 Å². The molecule has 34 heavy (non-hydrogen) atoms. The lowest BCUT2D eigenvalue weighted by molar-refractivity contribution is -0.134. The third-order valence-corrected chi connectivity index (χ3v) is 9.16. The molecule has 1 N–H and O–H groups in total. The monoisotopic (exact) mass is 477 g/mol. The number of benzene rings is 1. The van der Waals surface area contributed by atoms with Crippen molar-refractivity contribution in [3.8, 4) is 0 Å². The van der Waals surface area contributed by atoms with Gasteiger partial charge in [-0.05, 0) is 75.1 Å². The van der Waals surface area contributed by atoms with E-state index in [2.05, 4.69) is 48.9 Å². The fourth-order valence-corrected chi connectivity index (χ4v) is 6.56. The summed E-state index contributed by atoms with van der Waals surface area (Å²) < 4.78 is 3.21. The van der Waals surface area contributed by atoms with E-state index in [1.54, 1.807) is 11.3 Å². The second kappa shape index (κ2) is 8.88. The molecule has 2 amide bonds. The highest BCUT2D eigenvalue weighted by molar-refractivity contribution is 7.19. The van der Waals surface area contributed by atoms with E-state index in [4.69, 9.17) is 0 Å². The summed E-state index contributed by atoms with van der Waals surface area (Å²) in [6.45, 7) is 9.35. The SMILES string of the molecule is CCc1cc2c(cc3n2CC(C)(C(=O)NC2CCC(C)CC2)N(Cc2ccccc2C)C3=O)s1. The van der Waals surface area contributed by atoms with Gasteiger partial charge in [-0.3, -0.25) is 9.59 Å². The highest BCUT2D eigenvalue weighted by Crippen LogP contribution is 2.37. The molecule has 6 heteroatoms. The second-order valence-corrected chi connectivity index (χ2v) is 11.6. The van der Waals surface area contributed by atoms with Crippen molar-refractivity contribution in [2.75, 3.05) is 0 Å². The number of thiophene rings is 1. The van der Waals surface area contributed by atoms with E-state index < -0.39 is 5.54 Å². The first-order chi connectivity index (χ1) is 16.3. The first kappa shape index (κ1) is 23.2. The number of hydrogen-bond acceptors (Lipinski definition) is 3. The molecule has 2 aliphatic rings. The Labute approximate surface area is 206 Å². The van der Waals surface area contributed by atoms with Crippen molar-refractivity contribution in [1.29, 1.82) is 0 Å². The molecule has 0 saturated heterocycles. The third-order valence-electron chi connectivity index (χ3n) is 7.95. The van der Waals surface area contributed by atoms with Gasteiger partial charge in [0.05, 0.1) is 16.8 Å². The van der Waals surface area contributed by atoms with Gasteiger partial charge in [-0.25, -0.2) is 0 Å². The van der Waals surface area contributed by atoms with Crippen molar-refractivity contribution in [2.45, 2.75) is 84.5 Å². The third kappa shape index (κ3) is 3.96. The number of fused-ring (bicyclic) bond motifs is 3. The predicted molar refractivity (Wildman–Crippen MR) is 138 cm³/mol. The molecule has 2 aromatic heterocycles. The van der Waals surface area contributed by atoms with Gasteiger partial charge in [-0.1, -0.05) is 38.1 Å². The molecule has 1 aromatic carbocycles. The molecular weight excluding hydrogens is 442 g/mol. The minimum Gasteiger partial charge on any atom is -0.351 e. The molecule has 5 nitrogen and oxygen atoms in total. The number of rotatable bonds is 5. The van der Waals surface area contributed by atoms with Gasteiger partial charge in [0.2, 0.25) is 5.91 Å². The second-order valence-electron chi connectivity index (χ2n) is 10.5. The van der Waals surface area contributed by atoms with E-state index in [9.17, 15) is 9.59 Å². The fraction of sp³-hybridized carbons (Fsp3) is 0.500. The van der Waals surface area contributed by atoms with Crippen LogP contribution in [0.3, 0.4) is 0 Å². The van der Waals surface area contributed by atoms with E-state index in [0.717, 1.165) is 59.4 Å². The van der Waals surface area contributed by atoms with Gasteiger partial charge < -0.3 is 14.8 Å². The van der Waals surface area contributed by atoms with Gasteiger partial charge >= 0.3 is 0 Å². The van der Waals surface area contributed by atoms with Crippen LogP contribution in [0.1, 0.15) is 72.9 Å². The average Bonchev–Trinajstić information content (AvgIpc) is 3.38. The molecule has 0 radical (unpaired) electrons. The van der Waals surface area contributed by atoms with E-state index in [1.165, 1.54) is 4.88 Å². The summed E-state index contributed by atoms with van der Waals surface area (Å²) in [5, 5.41) is 3.34. The lowest BCUT2D eigenvalue weighted by atomic mass is 9.86. The molecule has 1 unspecified atom stereocenters. The Morgan fingerprint density at radius 1 is 1.18 bits per heavy atom. The van der Waals surface area contributed by atoms with Crippen molar-refractivity contribution in [3.63, 3.8) is 0 Å². The maximum Gasteiger partial charge on any atom is 0.271 e. The number of aromatic nitrogens is 1. The zero-order valence-electron chi connectivity index (χ0n) is 20.7. The van der Waals surface area contributed by atoms with E-state index in [1.807, 2.05) is 30.0 Å². The first-order valence-corrected chi connectivity index (χ1v) is 13.4. The van der Waals surface area contributed by atoms with Crippen LogP contribution in [-0.2, 0) is 24.3 Å². The van der Waals surface area contributed by atoms with Crippen LogP contribution in [-0.4, -0.2) is 32.9 Å². The van der Waals surface area contributed by atoms with Crippen LogP contribution in [0, 0.1) is 12.8 Å². The minimum absolute atomic E-state index is 0.0348.